The molecule has 4 heteroatoms. The van der Waals surface area contributed by atoms with Crippen molar-refractivity contribution in [1.29, 1.82) is 0 Å². The Morgan fingerprint density at radius 3 is 2.39 bits per heavy atom. The van der Waals surface area contributed by atoms with Gasteiger partial charge < -0.3 is 10.5 Å². The average molecular weight is 306 g/mol. The molecule has 0 spiro atoms. The van der Waals surface area contributed by atoms with Crippen molar-refractivity contribution in [2.24, 2.45) is 0 Å². The van der Waals surface area contributed by atoms with Gasteiger partial charge in [-0.15, -0.1) is 0 Å². The van der Waals surface area contributed by atoms with Crippen LogP contribution in [0, 0.1) is 0 Å². The Bertz CT molecular complexity index is 579. The van der Waals surface area contributed by atoms with Crippen molar-refractivity contribution in [3.8, 4) is 5.75 Å². The van der Waals surface area contributed by atoms with Crippen LogP contribution in [-0.4, -0.2) is 12.9 Å². The first-order valence-corrected chi connectivity index (χ1v) is 6.15. The largest absolute Gasteiger partial charge is 0.497 e. The van der Waals surface area contributed by atoms with Crippen molar-refractivity contribution in [3.05, 3.63) is 58.1 Å². The number of benzene rings is 2. The molecule has 0 heterocycles. The van der Waals surface area contributed by atoms with Gasteiger partial charge in [-0.3, -0.25) is 4.79 Å². The third-order valence-corrected chi connectivity index (χ3v) is 3.25. The summed E-state index contributed by atoms with van der Waals surface area (Å²) in [7, 11) is 1.59. The summed E-state index contributed by atoms with van der Waals surface area (Å²) in [5, 5.41) is 0. The van der Waals surface area contributed by atoms with Crippen LogP contribution >= 0.6 is 15.9 Å². The second kappa shape index (κ2) is 5.23. The summed E-state index contributed by atoms with van der Waals surface area (Å²) in [6.07, 6.45) is 0. The highest BCUT2D eigenvalue weighted by molar-refractivity contribution is 9.10. The zero-order valence-corrected chi connectivity index (χ0v) is 11.4. The van der Waals surface area contributed by atoms with Crippen LogP contribution < -0.4 is 10.5 Å². The molecule has 0 fully saturated rings. The van der Waals surface area contributed by atoms with Gasteiger partial charge in [0.1, 0.15) is 5.75 Å². The second-order valence-corrected chi connectivity index (χ2v) is 4.65. The smallest absolute Gasteiger partial charge is 0.194 e. The minimum atomic E-state index is -0.0514. The highest BCUT2D eigenvalue weighted by atomic mass is 79.9. The van der Waals surface area contributed by atoms with E-state index in [1.165, 1.54) is 0 Å². The van der Waals surface area contributed by atoms with E-state index < -0.39 is 0 Å². The summed E-state index contributed by atoms with van der Waals surface area (Å²) < 4.78 is 5.81. The van der Waals surface area contributed by atoms with Crippen molar-refractivity contribution in [1.82, 2.24) is 0 Å². The SMILES string of the molecule is COc1ccc(C(=O)c2ccc(N)cc2)c(Br)c1. The van der Waals surface area contributed by atoms with Gasteiger partial charge in [0.15, 0.2) is 5.78 Å². The third kappa shape index (κ3) is 2.54. The number of ketones is 1. The van der Waals surface area contributed by atoms with E-state index in [1.807, 2.05) is 0 Å². The monoisotopic (exact) mass is 305 g/mol. The number of hydrogen-bond acceptors (Lipinski definition) is 3. The van der Waals surface area contributed by atoms with Crippen molar-refractivity contribution >= 4 is 27.4 Å². The molecule has 0 aliphatic carbocycles. The van der Waals surface area contributed by atoms with E-state index in [9.17, 15) is 4.79 Å². The topological polar surface area (TPSA) is 52.3 Å². The lowest BCUT2D eigenvalue weighted by Gasteiger charge is -2.06. The van der Waals surface area contributed by atoms with Gasteiger partial charge >= 0.3 is 0 Å². The van der Waals surface area contributed by atoms with Crippen LogP contribution in [0.4, 0.5) is 5.69 Å². The number of hydrogen-bond donors (Lipinski definition) is 1. The van der Waals surface area contributed by atoms with Crippen molar-refractivity contribution in [3.63, 3.8) is 0 Å². The summed E-state index contributed by atoms with van der Waals surface area (Å²) in [5.74, 6) is 0.653. The molecule has 18 heavy (non-hydrogen) atoms. The number of halogens is 1. The normalized spacial score (nSPS) is 10.1. The molecule has 2 N–H and O–H groups in total. The molecule has 0 radical (unpaired) electrons. The first kappa shape index (κ1) is 12.6. The maximum Gasteiger partial charge on any atom is 0.194 e. The third-order valence-electron chi connectivity index (χ3n) is 2.59. The van der Waals surface area contributed by atoms with Crippen LogP contribution in [0.2, 0.25) is 0 Å². The molecule has 3 nitrogen and oxygen atoms in total. The number of nitrogens with two attached hydrogens (primary N) is 1. The van der Waals surface area contributed by atoms with Gasteiger partial charge in [-0.2, -0.15) is 0 Å². The fourth-order valence-corrected chi connectivity index (χ4v) is 2.13. The maximum atomic E-state index is 12.3. The fourth-order valence-electron chi connectivity index (χ4n) is 1.60. The molecule has 92 valence electrons. The molecule has 2 aromatic rings. The molecule has 2 rings (SSSR count). The van der Waals surface area contributed by atoms with Crippen LogP contribution in [0.1, 0.15) is 15.9 Å². The first-order valence-electron chi connectivity index (χ1n) is 5.35. The molecule has 0 atom stereocenters. The van der Waals surface area contributed by atoms with Gasteiger partial charge in [0, 0.05) is 21.3 Å². The fraction of sp³-hybridized carbons (Fsp3) is 0.0714. The second-order valence-electron chi connectivity index (χ2n) is 3.80. The zero-order valence-electron chi connectivity index (χ0n) is 9.81. The van der Waals surface area contributed by atoms with Crippen molar-refractivity contribution in [2.45, 2.75) is 0 Å². The van der Waals surface area contributed by atoms with Gasteiger partial charge in [0.05, 0.1) is 7.11 Å². The lowest BCUT2D eigenvalue weighted by Crippen LogP contribution is -2.02. The maximum absolute atomic E-state index is 12.3. The first-order chi connectivity index (χ1) is 8.61. The molecule has 0 amide bonds. The Morgan fingerprint density at radius 2 is 1.83 bits per heavy atom. The predicted molar refractivity (Wildman–Crippen MR) is 75.0 cm³/mol. The number of carbonyl (C=O) groups excluding carboxylic acids is 1. The van der Waals surface area contributed by atoms with Crippen LogP contribution in [0.25, 0.3) is 0 Å². The molecule has 0 unspecified atom stereocenters. The molecular formula is C14H12BrNO2. The standard InChI is InChI=1S/C14H12BrNO2/c1-18-11-6-7-12(13(15)8-11)14(17)9-2-4-10(16)5-3-9/h2-8H,16H2,1H3. The molecule has 0 aromatic heterocycles. The number of carbonyl (C=O) groups is 1. The molecule has 0 aliphatic heterocycles. The number of nitrogen functional groups attached to an aromatic ring is 1. The van der Waals surface area contributed by atoms with Crippen LogP contribution in [0.3, 0.4) is 0 Å². The van der Waals surface area contributed by atoms with E-state index in [2.05, 4.69) is 15.9 Å². The van der Waals surface area contributed by atoms with E-state index in [0.717, 1.165) is 0 Å². The van der Waals surface area contributed by atoms with E-state index >= 15 is 0 Å². The minimum Gasteiger partial charge on any atom is -0.497 e. The quantitative estimate of drug-likeness (QED) is 0.699. The van der Waals surface area contributed by atoms with Crippen LogP contribution in [0.5, 0.6) is 5.75 Å². The lowest BCUT2D eigenvalue weighted by molar-refractivity contribution is 0.103. The van der Waals surface area contributed by atoms with Gasteiger partial charge in [-0.25, -0.2) is 0 Å². The van der Waals surface area contributed by atoms with Gasteiger partial charge in [0.2, 0.25) is 0 Å². The van der Waals surface area contributed by atoms with Crippen molar-refractivity contribution < 1.29 is 9.53 Å². The van der Waals surface area contributed by atoms with E-state index in [1.54, 1.807) is 49.6 Å². The Kier molecular flexibility index (Phi) is 3.67. The number of rotatable bonds is 3. The number of ether oxygens (including phenoxy) is 1. The van der Waals surface area contributed by atoms with Crippen LogP contribution in [0.15, 0.2) is 46.9 Å². The Balaban J connectivity index is 2.37. The highest BCUT2D eigenvalue weighted by Crippen LogP contribution is 2.25. The molecular weight excluding hydrogens is 294 g/mol. The van der Waals surface area contributed by atoms with Crippen molar-refractivity contribution in [2.75, 3.05) is 12.8 Å². The van der Waals surface area contributed by atoms with Gasteiger partial charge in [-0.05, 0) is 58.4 Å². The lowest BCUT2D eigenvalue weighted by atomic mass is 10.0. The summed E-state index contributed by atoms with van der Waals surface area (Å²) in [6.45, 7) is 0. The Labute approximate surface area is 114 Å². The van der Waals surface area contributed by atoms with Gasteiger partial charge in [0.25, 0.3) is 0 Å². The minimum absolute atomic E-state index is 0.0514. The number of anilines is 1. The molecule has 0 saturated carbocycles. The van der Waals surface area contributed by atoms with Crippen LogP contribution in [-0.2, 0) is 0 Å². The van der Waals surface area contributed by atoms with Gasteiger partial charge in [-0.1, -0.05) is 0 Å². The van der Waals surface area contributed by atoms with E-state index in [-0.39, 0.29) is 5.78 Å². The Hall–Kier alpha value is -1.81. The highest BCUT2D eigenvalue weighted by Gasteiger charge is 2.12. The summed E-state index contributed by atoms with van der Waals surface area (Å²) >= 11 is 3.37. The summed E-state index contributed by atoms with van der Waals surface area (Å²) in [4.78, 5) is 12.3. The predicted octanol–water partition coefficient (Wildman–Crippen LogP) is 3.27. The molecule has 0 saturated heterocycles. The summed E-state index contributed by atoms with van der Waals surface area (Å²) in [5.41, 5.74) is 7.44. The van der Waals surface area contributed by atoms with E-state index in [4.69, 9.17) is 10.5 Å². The molecule has 0 aliphatic rings. The summed E-state index contributed by atoms with van der Waals surface area (Å²) in [6, 6.07) is 12.1. The molecule has 0 bridgehead atoms. The average Bonchev–Trinajstić information content (AvgIpc) is 2.38. The zero-order chi connectivity index (χ0) is 13.1. The van der Waals surface area contributed by atoms with E-state index in [0.29, 0.717) is 27.0 Å². The number of methoxy groups -OCH3 is 1. The molecule has 2 aromatic carbocycles. The Morgan fingerprint density at radius 1 is 1.17 bits per heavy atom.